The number of thiazole rings is 1. The van der Waals surface area contributed by atoms with Crippen LogP contribution in [-0.4, -0.2) is 21.1 Å². The maximum Gasteiger partial charge on any atom is 0.220 e. The molecule has 2 aromatic rings. The van der Waals surface area contributed by atoms with Gasteiger partial charge >= 0.3 is 0 Å². The largest absolute Gasteiger partial charge is 0.374 e. The van der Waals surface area contributed by atoms with Crippen molar-refractivity contribution in [3.05, 3.63) is 21.1 Å². The number of carbonyl (C=O) groups is 1. The van der Waals surface area contributed by atoms with Crippen molar-refractivity contribution in [3.63, 3.8) is 0 Å². The van der Waals surface area contributed by atoms with E-state index in [2.05, 4.69) is 20.5 Å². The van der Waals surface area contributed by atoms with E-state index >= 15 is 0 Å². The van der Waals surface area contributed by atoms with E-state index in [-0.39, 0.29) is 11.9 Å². The minimum absolute atomic E-state index is 0.0214. The monoisotopic (exact) mass is 297 g/mol. The maximum atomic E-state index is 11.8. The van der Waals surface area contributed by atoms with E-state index in [1.807, 2.05) is 19.2 Å². The van der Waals surface area contributed by atoms with E-state index in [1.54, 1.807) is 11.3 Å². The lowest BCUT2D eigenvalue weighted by Gasteiger charge is -2.10. The van der Waals surface area contributed by atoms with E-state index in [1.165, 1.54) is 11.3 Å². The van der Waals surface area contributed by atoms with Gasteiger partial charge in [0.1, 0.15) is 5.01 Å². The second-order valence-corrected chi connectivity index (χ2v) is 6.27. The number of aryl methyl sites for hydroxylation is 2. The van der Waals surface area contributed by atoms with Crippen LogP contribution in [0.1, 0.15) is 35.1 Å². The fourth-order valence-corrected chi connectivity index (χ4v) is 2.87. The van der Waals surface area contributed by atoms with Gasteiger partial charge in [0.15, 0.2) is 0 Å². The van der Waals surface area contributed by atoms with E-state index in [9.17, 15) is 4.79 Å². The molecule has 0 radical (unpaired) electrons. The van der Waals surface area contributed by atoms with Crippen LogP contribution in [0, 0.1) is 6.92 Å². The number of nitrogens with two attached hydrogens (primary N) is 1. The number of aromatic nitrogens is 3. The summed E-state index contributed by atoms with van der Waals surface area (Å²) in [7, 11) is 0. The summed E-state index contributed by atoms with van der Waals surface area (Å²) in [5, 5.41) is 14.7. The van der Waals surface area contributed by atoms with Crippen LogP contribution < -0.4 is 11.1 Å². The van der Waals surface area contributed by atoms with E-state index in [0.717, 1.165) is 15.7 Å². The lowest BCUT2D eigenvalue weighted by Crippen LogP contribution is -2.27. The van der Waals surface area contributed by atoms with Crippen LogP contribution in [0.2, 0.25) is 0 Å². The standard InChI is InChI=1S/C11H15N5OS2/c1-6(8-5-18-7(2)14-8)13-9(17)3-4-10-15-16-11(12)19-10/h5-6H,3-4H2,1-2H3,(H2,12,16)(H,13,17). The Kier molecular flexibility index (Phi) is 4.43. The minimum Gasteiger partial charge on any atom is -0.374 e. The normalized spacial score (nSPS) is 12.3. The van der Waals surface area contributed by atoms with Gasteiger partial charge in [-0.15, -0.1) is 21.5 Å². The fourth-order valence-electron chi connectivity index (χ4n) is 1.55. The predicted octanol–water partition coefficient (Wildman–Crippen LogP) is 1.70. The summed E-state index contributed by atoms with van der Waals surface area (Å²) in [6.45, 7) is 3.87. The van der Waals surface area contributed by atoms with Crippen molar-refractivity contribution in [2.45, 2.75) is 32.7 Å². The van der Waals surface area contributed by atoms with Crippen molar-refractivity contribution in [2.24, 2.45) is 0 Å². The van der Waals surface area contributed by atoms with Crippen LogP contribution >= 0.6 is 22.7 Å². The summed E-state index contributed by atoms with van der Waals surface area (Å²) in [5.41, 5.74) is 6.38. The highest BCUT2D eigenvalue weighted by molar-refractivity contribution is 7.15. The van der Waals surface area contributed by atoms with Gasteiger partial charge in [-0.1, -0.05) is 11.3 Å². The summed E-state index contributed by atoms with van der Waals surface area (Å²) in [4.78, 5) is 16.2. The zero-order chi connectivity index (χ0) is 13.8. The van der Waals surface area contributed by atoms with Crippen molar-refractivity contribution in [1.29, 1.82) is 0 Å². The number of anilines is 1. The molecular formula is C11H15N5OS2. The molecule has 1 atom stereocenters. The first-order valence-corrected chi connectivity index (χ1v) is 7.53. The fraction of sp³-hybridized carbons (Fsp3) is 0.455. The molecule has 0 spiro atoms. The average molecular weight is 297 g/mol. The Hall–Kier alpha value is -1.54. The summed E-state index contributed by atoms with van der Waals surface area (Å²) >= 11 is 2.89. The second kappa shape index (κ2) is 6.07. The third kappa shape index (κ3) is 3.97. The van der Waals surface area contributed by atoms with Crippen molar-refractivity contribution in [2.75, 3.05) is 5.73 Å². The summed E-state index contributed by atoms with van der Waals surface area (Å²) in [6.07, 6.45) is 0.936. The predicted molar refractivity (Wildman–Crippen MR) is 76.1 cm³/mol. The number of hydrogen-bond donors (Lipinski definition) is 2. The Bertz CT molecular complexity index is 565. The SMILES string of the molecule is Cc1nc(C(C)NC(=O)CCc2nnc(N)s2)cs1. The molecule has 3 N–H and O–H groups in total. The molecule has 1 amide bonds. The topological polar surface area (TPSA) is 93.8 Å². The highest BCUT2D eigenvalue weighted by Crippen LogP contribution is 2.16. The molecule has 0 saturated heterocycles. The van der Waals surface area contributed by atoms with Crippen LogP contribution in [-0.2, 0) is 11.2 Å². The number of carbonyl (C=O) groups excluding carboxylic acids is 1. The second-order valence-electron chi connectivity index (χ2n) is 4.11. The number of hydrogen-bond acceptors (Lipinski definition) is 7. The number of nitrogens with zero attached hydrogens (tertiary/aromatic N) is 3. The maximum absolute atomic E-state index is 11.8. The van der Waals surface area contributed by atoms with Gasteiger partial charge in [0.2, 0.25) is 11.0 Å². The summed E-state index contributed by atoms with van der Waals surface area (Å²) in [6, 6.07) is -0.0723. The molecule has 1 unspecified atom stereocenters. The van der Waals surface area contributed by atoms with Gasteiger partial charge in [-0.25, -0.2) is 4.98 Å². The summed E-state index contributed by atoms with van der Waals surface area (Å²) < 4.78 is 0. The van der Waals surface area contributed by atoms with E-state index in [4.69, 9.17) is 5.73 Å². The molecule has 2 heterocycles. The van der Waals surface area contributed by atoms with Gasteiger partial charge in [-0.2, -0.15) is 0 Å². The van der Waals surface area contributed by atoms with Gasteiger partial charge in [-0.3, -0.25) is 4.79 Å². The van der Waals surface area contributed by atoms with E-state index in [0.29, 0.717) is 18.0 Å². The number of amides is 1. The molecule has 2 rings (SSSR count). The molecule has 0 aromatic carbocycles. The van der Waals surface area contributed by atoms with Gasteiger partial charge in [0.05, 0.1) is 16.7 Å². The van der Waals surface area contributed by atoms with Crippen LogP contribution in [0.5, 0.6) is 0 Å². The third-order valence-electron chi connectivity index (χ3n) is 2.51. The van der Waals surface area contributed by atoms with Gasteiger partial charge in [-0.05, 0) is 13.8 Å². The first-order valence-electron chi connectivity index (χ1n) is 5.84. The molecule has 6 nitrogen and oxygen atoms in total. The Morgan fingerprint density at radius 1 is 1.53 bits per heavy atom. The Balaban J connectivity index is 1.81. The number of nitrogen functional groups attached to an aromatic ring is 1. The molecule has 0 bridgehead atoms. The van der Waals surface area contributed by atoms with Crippen molar-refractivity contribution >= 4 is 33.7 Å². The molecule has 0 aliphatic heterocycles. The lowest BCUT2D eigenvalue weighted by molar-refractivity contribution is -0.121. The smallest absolute Gasteiger partial charge is 0.220 e. The molecule has 8 heteroatoms. The van der Waals surface area contributed by atoms with Crippen LogP contribution in [0.3, 0.4) is 0 Å². The van der Waals surface area contributed by atoms with Crippen LogP contribution in [0.15, 0.2) is 5.38 Å². The highest BCUT2D eigenvalue weighted by Gasteiger charge is 2.13. The minimum atomic E-state index is -0.0723. The molecule has 0 fully saturated rings. The molecule has 0 aliphatic carbocycles. The quantitative estimate of drug-likeness (QED) is 0.876. The first kappa shape index (κ1) is 13.9. The molecule has 0 saturated carbocycles. The van der Waals surface area contributed by atoms with Crippen molar-refractivity contribution in [3.8, 4) is 0 Å². The van der Waals surface area contributed by atoms with Gasteiger partial charge in [0, 0.05) is 18.2 Å². The van der Waals surface area contributed by atoms with Crippen molar-refractivity contribution in [1.82, 2.24) is 20.5 Å². The van der Waals surface area contributed by atoms with Gasteiger partial charge < -0.3 is 11.1 Å². The Labute approximate surface area is 119 Å². The van der Waals surface area contributed by atoms with Crippen molar-refractivity contribution < 1.29 is 4.79 Å². The van der Waals surface area contributed by atoms with Gasteiger partial charge in [0.25, 0.3) is 0 Å². The molecule has 19 heavy (non-hydrogen) atoms. The zero-order valence-electron chi connectivity index (χ0n) is 10.7. The molecular weight excluding hydrogens is 282 g/mol. The third-order valence-corrected chi connectivity index (χ3v) is 4.11. The Morgan fingerprint density at radius 2 is 2.32 bits per heavy atom. The lowest BCUT2D eigenvalue weighted by atomic mass is 10.2. The molecule has 102 valence electrons. The summed E-state index contributed by atoms with van der Waals surface area (Å²) in [5.74, 6) is -0.0214. The van der Waals surface area contributed by atoms with Crippen LogP contribution in [0.4, 0.5) is 5.13 Å². The zero-order valence-corrected chi connectivity index (χ0v) is 12.3. The molecule has 0 aliphatic rings. The molecule has 2 aromatic heterocycles. The number of rotatable bonds is 5. The van der Waals surface area contributed by atoms with Crippen LogP contribution in [0.25, 0.3) is 0 Å². The average Bonchev–Trinajstić information content (AvgIpc) is 2.95. The van der Waals surface area contributed by atoms with E-state index < -0.39 is 0 Å². The first-order chi connectivity index (χ1) is 9.04. The highest BCUT2D eigenvalue weighted by atomic mass is 32.1. The Morgan fingerprint density at radius 3 is 2.89 bits per heavy atom. The number of nitrogens with one attached hydrogen (secondary N) is 1.